The molecule has 0 saturated carbocycles. The molecule has 2 amide bonds. The van der Waals surface area contributed by atoms with Crippen molar-refractivity contribution in [3.8, 4) is 23.0 Å². The zero-order valence-electron chi connectivity index (χ0n) is 20.3. The third kappa shape index (κ3) is 6.07. The maximum atomic E-state index is 13.0. The monoisotopic (exact) mass is 575 g/mol. The van der Waals surface area contributed by atoms with Crippen molar-refractivity contribution in [2.75, 3.05) is 27.4 Å². The van der Waals surface area contributed by atoms with Gasteiger partial charge in [-0.1, -0.05) is 35.9 Å². The number of hydrogen-bond donors (Lipinski definition) is 0. The average molecular weight is 576 g/mol. The van der Waals surface area contributed by atoms with Crippen LogP contribution in [0.15, 0.2) is 76.5 Å². The molecule has 1 aliphatic heterocycles. The maximum absolute atomic E-state index is 13.0. The molecule has 1 fully saturated rings. The van der Waals surface area contributed by atoms with Crippen LogP contribution in [0.3, 0.4) is 0 Å². The number of para-hydroxylation sites is 3. The third-order valence-corrected chi connectivity index (χ3v) is 7.72. The van der Waals surface area contributed by atoms with Gasteiger partial charge in [0.15, 0.2) is 23.0 Å². The predicted molar refractivity (Wildman–Crippen MR) is 143 cm³/mol. The lowest BCUT2D eigenvalue weighted by molar-refractivity contribution is -0.123. The van der Waals surface area contributed by atoms with E-state index in [-0.39, 0.29) is 40.0 Å². The van der Waals surface area contributed by atoms with Crippen LogP contribution in [0, 0.1) is 0 Å². The summed E-state index contributed by atoms with van der Waals surface area (Å²) < 4.78 is 47.5. The first kappa shape index (κ1) is 27.4. The molecule has 0 bridgehead atoms. The second-order valence-corrected chi connectivity index (χ2v) is 10.7. The number of hydrogen-bond acceptors (Lipinski definition) is 9. The van der Waals surface area contributed by atoms with Crippen LogP contribution in [0.25, 0.3) is 6.08 Å². The van der Waals surface area contributed by atoms with E-state index >= 15 is 0 Å². The molecular weight excluding hydrogens is 554 g/mol. The summed E-state index contributed by atoms with van der Waals surface area (Å²) in [6.45, 7) is 0.0605. The molecule has 1 aliphatic rings. The standard InChI is InChI=1S/C26H22ClNO8S2/c1-33-20-7-3-4-8-21(20)35-15-14-28-25(29)23(37-26(28)30)16-17-6-5-9-22(34-2)24(17)36-38(31,32)19-12-10-18(27)11-13-19/h3-13,16H,14-15H2,1-2H3/b23-16-. The fraction of sp³-hybridized carbons (Fsp3) is 0.154. The van der Waals surface area contributed by atoms with Crippen molar-refractivity contribution < 1.29 is 36.4 Å². The lowest BCUT2D eigenvalue weighted by Gasteiger charge is -2.15. The van der Waals surface area contributed by atoms with Gasteiger partial charge in [-0.25, -0.2) is 0 Å². The van der Waals surface area contributed by atoms with Crippen LogP contribution in [0.1, 0.15) is 5.56 Å². The molecular formula is C26H22ClNO8S2. The SMILES string of the molecule is COc1ccccc1OCCN1C(=O)S/C(=C\c2cccc(OC)c2OS(=O)(=O)c2ccc(Cl)cc2)C1=O. The van der Waals surface area contributed by atoms with Gasteiger partial charge in [0.05, 0.1) is 25.7 Å². The minimum absolute atomic E-state index is 0.00642. The van der Waals surface area contributed by atoms with Crippen LogP contribution in [0.4, 0.5) is 4.79 Å². The highest BCUT2D eigenvalue weighted by Crippen LogP contribution is 2.38. The molecule has 0 aromatic heterocycles. The Kier molecular flexibility index (Phi) is 8.50. The summed E-state index contributed by atoms with van der Waals surface area (Å²) in [6, 6.07) is 17.2. The average Bonchev–Trinajstić information content (AvgIpc) is 3.17. The van der Waals surface area contributed by atoms with Crippen molar-refractivity contribution in [2.24, 2.45) is 0 Å². The molecule has 0 N–H and O–H groups in total. The fourth-order valence-electron chi connectivity index (χ4n) is 3.47. The van der Waals surface area contributed by atoms with E-state index in [1.54, 1.807) is 36.4 Å². The van der Waals surface area contributed by atoms with Gasteiger partial charge >= 0.3 is 10.1 Å². The zero-order valence-corrected chi connectivity index (χ0v) is 22.6. The molecule has 198 valence electrons. The molecule has 0 radical (unpaired) electrons. The molecule has 1 heterocycles. The van der Waals surface area contributed by atoms with Gasteiger partial charge in [-0.3, -0.25) is 14.5 Å². The molecule has 0 atom stereocenters. The number of benzene rings is 3. The van der Waals surface area contributed by atoms with Crippen LogP contribution in [-0.2, 0) is 14.9 Å². The summed E-state index contributed by atoms with van der Waals surface area (Å²) >= 11 is 6.59. The quantitative estimate of drug-likeness (QED) is 0.237. The molecule has 38 heavy (non-hydrogen) atoms. The fourth-order valence-corrected chi connectivity index (χ4v) is 5.42. The van der Waals surface area contributed by atoms with E-state index in [0.29, 0.717) is 16.5 Å². The van der Waals surface area contributed by atoms with Gasteiger partial charge in [-0.15, -0.1) is 0 Å². The van der Waals surface area contributed by atoms with E-state index < -0.39 is 21.3 Å². The number of thioether (sulfide) groups is 1. The molecule has 0 aliphatic carbocycles. The smallest absolute Gasteiger partial charge is 0.339 e. The number of amides is 2. The lowest BCUT2D eigenvalue weighted by Crippen LogP contribution is -2.32. The number of imide groups is 1. The first-order valence-corrected chi connectivity index (χ1v) is 13.7. The van der Waals surface area contributed by atoms with Gasteiger partial charge in [0.1, 0.15) is 11.5 Å². The number of carbonyl (C=O) groups excluding carboxylic acids is 2. The van der Waals surface area contributed by atoms with Crippen LogP contribution < -0.4 is 18.4 Å². The van der Waals surface area contributed by atoms with Crippen LogP contribution in [0.2, 0.25) is 5.02 Å². The van der Waals surface area contributed by atoms with Gasteiger partial charge in [-0.05, 0) is 60.3 Å². The Morgan fingerprint density at radius 2 is 1.55 bits per heavy atom. The van der Waals surface area contributed by atoms with E-state index in [4.69, 9.17) is 30.0 Å². The van der Waals surface area contributed by atoms with Gasteiger partial charge in [0.25, 0.3) is 11.1 Å². The number of rotatable bonds is 10. The van der Waals surface area contributed by atoms with Crippen molar-refractivity contribution in [2.45, 2.75) is 4.90 Å². The van der Waals surface area contributed by atoms with E-state index in [2.05, 4.69) is 0 Å². The molecule has 12 heteroatoms. The van der Waals surface area contributed by atoms with Crippen molar-refractivity contribution in [1.82, 2.24) is 4.90 Å². The van der Waals surface area contributed by atoms with Gasteiger partial charge in [0, 0.05) is 10.6 Å². The Labute approximate surface area is 229 Å². The second-order valence-electron chi connectivity index (χ2n) is 7.70. The van der Waals surface area contributed by atoms with Crippen LogP contribution in [-0.4, -0.2) is 51.8 Å². The van der Waals surface area contributed by atoms with Gasteiger partial charge in [0.2, 0.25) is 0 Å². The Morgan fingerprint density at radius 3 is 2.24 bits per heavy atom. The normalized spacial score (nSPS) is 14.6. The number of carbonyl (C=O) groups is 2. The largest absolute Gasteiger partial charge is 0.493 e. The van der Waals surface area contributed by atoms with Gasteiger partial charge in [-0.2, -0.15) is 8.42 Å². The maximum Gasteiger partial charge on any atom is 0.339 e. The van der Waals surface area contributed by atoms with Crippen LogP contribution >= 0.6 is 23.4 Å². The van der Waals surface area contributed by atoms with E-state index in [1.165, 1.54) is 50.6 Å². The Hall–Kier alpha value is -3.67. The highest BCUT2D eigenvalue weighted by Gasteiger charge is 2.35. The Balaban J connectivity index is 1.55. The Bertz CT molecular complexity index is 1490. The van der Waals surface area contributed by atoms with E-state index in [1.807, 2.05) is 0 Å². The highest BCUT2D eigenvalue weighted by atomic mass is 35.5. The van der Waals surface area contributed by atoms with E-state index in [0.717, 1.165) is 16.7 Å². The van der Waals surface area contributed by atoms with Crippen molar-refractivity contribution in [3.63, 3.8) is 0 Å². The van der Waals surface area contributed by atoms with Crippen molar-refractivity contribution in [3.05, 3.63) is 82.2 Å². The Morgan fingerprint density at radius 1 is 0.895 bits per heavy atom. The summed E-state index contributed by atoms with van der Waals surface area (Å²) in [5, 5.41) is -0.116. The zero-order chi connectivity index (χ0) is 27.3. The molecule has 9 nitrogen and oxygen atoms in total. The number of ether oxygens (including phenoxy) is 3. The third-order valence-electron chi connectivity index (χ3n) is 5.33. The topological polar surface area (TPSA) is 108 Å². The number of nitrogens with zero attached hydrogens (tertiary/aromatic N) is 1. The summed E-state index contributed by atoms with van der Waals surface area (Å²) in [6.07, 6.45) is 1.39. The molecule has 1 saturated heterocycles. The summed E-state index contributed by atoms with van der Waals surface area (Å²) in [4.78, 5) is 26.6. The second kappa shape index (κ2) is 11.8. The molecule has 3 aromatic rings. The predicted octanol–water partition coefficient (Wildman–Crippen LogP) is 5.24. The molecule has 3 aromatic carbocycles. The number of methoxy groups -OCH3 is 2. The lowest BCUT2D eigenvalue weighted by atomic mass is 10.1. The minimum Gasteiger partial charge on any atom is -0.493 e. The first-order valence-electron chi connectivity index (χ1n) is 11.1. The summed E-state index contributed by atoms with van der Waals surface area (Å²) in [5.41, 5.74) is 0.234. The summed E-state index contributed by atoms with van der Waals surface area (Å²) in [5.74, 6) is 0.466. The number of halogens is 1. The van der Waals surface area contributed by atoms with Crippen molar-refractivity contribution >= 4 is 50.7 Å². The van der Waals surface area contributed by atoms with E-state index in [9.17, 15) is 18.0 Å². The summed E-state index contributed by atoms with van der Waals surface area (Å²) in [7, 11) is -1.39. The highest BCUT2D eigenvalue weighted by molar-refractivity contribution is 8.18. The minimum atomic E-state index is -4.26. The molecule has 4 rings (SSSR count). The first-order chi connectivity index (χ1) is 18.2. The van der Waals surface area contributed by atoms with Crippen LogP contribution in [0.5, 0.6) is 23.0 Å². The van der Waals surface area contributed by atoms with Gasteiger partial charge < -0.3 is 18.4 Å². The molecule has 0 spiro atoms. The molecule has 0 unspecified atom stereocenters. The van der Waals surface area contributed by atoms with Crippen molar-refractivity contribution in [1.29, 1.82) is 0 Å².